The molecule has 0 amide bonds. The number of carbonyl (C=O) groups excluding carboxylic acids is 2. The van der Waals surface area contributed by atoms with Crippen molar-refractivity contribution < 1.29 is 18.7 Å². The zero-order valence-electron chi connectivity index (χ0n) is 16.1. The Morgan fingerprint density at radius 3 is 2.10 bits per heavy atom. The normalized spacial score (nSPS) is 10.6. The fraction of sp³-hybridized carbons (Fsp3) is 0.0417. The standard InChI is InChI=1S/C24H17FN2O3/c1-16-22(15-26-27(16)20-5-3-2-4-6-20)24(29)30-21-13-9-18(10-14-21)23(28)17-7-11-19(25)12-8-17/h2-15H,1H3. The molecule has 4 rings (SSSR count). The van der Waals surface area contributed by atoms with E-state index < -0.39 is 11.8 Å². The lowest BCUT2D eigenvalue weighted by molar-refractivity contribution is 0.0734. The lowest BCUT2D eigenvalue weighted by atomic mass is 10.0. The highest BCUT2D eigenvalue weighted by Gasteiger charge is 2.17. The van der Waals surface area contributed by atoms with Crippen LogP contribution in [0.3, 0.4) is 0 Å². The van der Waals surface area contributed by atoms with E-state index in [1.165, 1.54) is 30.5 Å². The summed E-state index contributed by atoms with van der Waals surface area (Å²) in [7, 11) is 0. The largest absolute Gasteiger partial charge is 0.423 e. The van der Waals surface area contributed by atoms with Gasteiger partial charge in [0.25, 0.3) is 0 Å². The molecule has 1 heterocycles. The molecule has 0 fully saturated rings. The van der Waals surface area contributed by atoms with Gasteiger partial charge in [0.05, 0.1) is 17.6 Å². The first kappa shape index (κ1) is 19.3. The molecule has 0 saturated carbocycles. The maximum absolute atomic E-state index is 13.0. The summed E-state index contributed by atoms with van der Waals surface area (Å²) in [5, 5.41) is 4.27. The number of rotatable bonds is 5. The van der Waals surface area contributed by atoms with Crippen LogP contribution in [0.5, 0.6) is 5.75 Å². The molecule has 0 atom stereocenters. The summed E-state index contributed by atoms with van der Waals surface area (Å²) < 4.78 is 20.1. The minimum atomic E-state index is -0.535. The second-order valence-electron chi connectivity index (χ2n) is 6.64. The molecule has 6 heteroatoms. The summed E-state index contributed by atoms with van der Waals surface area (Å²) >= 11 is 0. The molecule has 0 aliphatic rings. The van der Waals surface area contributed by atoms with Crippen LogP contribution < -0.4 is 4.74 Å². The van der Waals surface area contributed by atoms with E-state index in [9.17, 15) is 14.0 Å². The van der Waals surface area contributed by atoms with Crippen LogP contribution in [-0.4, -0.2) is 21.5 Å². The van der Waals surface area contributed by atoms with Gasteiger partial charge in [-0.15, -0.1) is 0 Å². The van der Waals surface area contributed by atoms with Crippen molar-refractivity contribution >= 4 is 11.8 Å². The molecule has 1 aromatic heterocycles. The minimum absolute atomic E-state index is 0.243. The predicted molar refractivity (Wildman–Crippen MR) is 110 cm³/mol. The average Bonchev–Trinajstić information content (AvgIpc) is 3.16. The number of hydrogen-bond donors (Lipinski definition) is 0. The number of esters is 1. The summed E-state index contributed by atoms with van der Waals surface area (Å²) in [6.45, 7) is 1.79. The first-order valence-electron chi connectivity index (χ1n) is 9.25. The van der Waals surface area contributed by atoms with Crippen LogP contribution >= 0.6 is 0 Å². The van der Waals surface area contributed by atoms with E-state index in [1.807, 2.05) is 30.3 Å². The highest BCUT2D eigenvalue weighted by atomic mass is 19.1. The molecule has 5 nitrogen and oxygen atoms in total. The van der Waals surface area contributed by atoms with Crippen LogP contribution in [0.1, 0.15) is 32.0 Å². The Morgan fingerprint density at radius 1 is 0.867 bits per heavy atom. The lowest BCUT2D eigenvalue weighted by Crippen LogP contribution is -2.10. The summed E-state index contributed by atoms with van der Waals surface area (Å²) in [6, 6.07) is 21.0. The number of ether oxygens (including phenoxy) is 1. The summed E-state index contributed by atoms with van der Waals surface area (Å²) in [6.07, 6.45) is 1.47. The van der Waals surface area contributed by atoms with Crippen LogP contribution in [0, 0.1) is 12.7 Å². The number of carbonyl (C=O) groups is 2. The van der Waals surface area contributed by atoms with Crippen LogP contribution in [0.2, 0.25) is 0 Å². The maximum atomic E-state index is 13.0. The van der Waals surface area contributed by atoms with Gasteiger partial charge in [0.15, 0.2) is 5.78 Å². The van der Waals surface area contributed by atoms with Crippen molar-refractivity contribution in [3.63, 3.8) is 0 Å². The monoisotopic (exact) mass is 400 g/mol. The van der Waals surface area contributed by atoms with Gasteiger partial charge in [-0.3, -0.25) is 4.79 Å². The van der Waals surface area contributed by atoms with Crippen molar-refractivity contribution in [2.45, 2.75) is 6.92 Å². The van der Waals surface area contributed by atoms with Crippen LogP contribution in [0.4, 0.5) is 4.39 Å². The van der Waals surface area contributed by atoms with Crippen LogP contribution in [0.15, 0.2) is 85.1 Å². The van der Waals surface area contributed by atoms with Gasteiger partial charge in [-0.05, 0) is 67.6 Å². The van der Waals surface area contributed by atoms with E-state index in [0.717, 1.165) is 5.69 Å². The molecule has 0 N–H and O–H groups in total. The van der Waals surface area contributed by atoms with Crippen molar-refractivity contribution in [2.24, 2.45) is 0 Å². The Bertz CT molecular complexity index is 1200. The number of halogens is 1. The van der Waals surface area contributed by atoms with Gasteiger partial charge in [-0.1, -0.05) is 18.2 Å². The zero-order valence-corrected chi connectivity index (χ0v) is 16.1. The Hall–Kier alpha value is -4.06. The number of hydrogen-bond acceptors (Lipinski definition) is 4. The van der Waals surface area contributed by atoms with E-state index in [4.69, 9.17) is 4.74 Å². The number of ketones is 1. The molecule has 0 unspecified atom stereocenters. The Balaban J connectivity index is 1.49. The molecule has 0 spiro atoms. The molecule has 30 heavy (non-hydrogen) atoms. The van der Waals surface area contributed by atoms with Gasteiger partial charge >= 0.3 is 5.97 Å². The summed E-state index contributed by atoms with van der Waals surface area (Å²) in [5.74, 6) is -0.873. The molecular weight excluding hydrogens is 383 g/mol. The Kier molecular flexibility index (Phi) is 5.22. The topological polar surface area (TPSA) is 61.2 Å². The second-order valence-corrected chi connectivity index (χ2v) is 6.64. The summed E-state index contributed by atoms with van der Waals surface area (Å²) in [4.78, 5) is 25.0. The highest BCUT2D eigenvalue weighted by molar-refractivity contribution is 6.09. The van der Waals surface area contributed by atoms with E-state index in [1.54, 1.807) is 35.9 Å². The van der Waals surface area contributed by atoms with Crippen LogP contribution in [0.25, 0.3) is 5.69 Å². The second kappa shape index (κ2) is 8.13. The molecule has 3 aromatic carbocycles. The van der Waals surface area contributed by atoms with E-state index in [0.29, 0.717) is 28.1 Å². The van der Waals surface area contributed by atoms with Crippen molar-refractivity contribution in [1.82, 2.24) is 9.78 Å². The van der Waals surface area contributed by atoms with Crippen LogP contribution in [-0.2, 0) is 0 Å². The molecular formula is C24H17FN2O3. The molecule has 0 radical (unpaired) electrons. The van der Waals surface area contributed by atoms with Crippen molar-refractivity contribution in [1.29, 1.82) is 0 Å². The smallest absolute Gasteiger partial charge is 0.347 e. The first-order valence-corrected chi connectivity index (χ1v) is 9.25. The summed E-state index contributed by atoms with van der Waals surface area (Å²) in [5.41, 5.74) is 2.65. The molecule has 4 aromatic rings. The number of benzene rings is 3. The molecule has 0 saturated heterocycles. The number of para-hydroxylation sites is 1. The van der Waals surface area contributed by atoms with Crippen molar-refractivity contribution in [3.8, 4) is 11.4 Å². The Morgan fingerprint density at radius 2 is 1.47 bits per heavy atom. The predicted octanol–water partition coefficient (Wildman–Crippen LogP) is 4.77. The lowest BCUT2D eigenvalue weighted by Gasteiger charge is -2.07. The third-order valence-electron chi connectivity index (χ3n) is 4.66. The van der Waals surface area contributed by atoms with Gasteiger partial charge in [-0.25, -0.2) is 13.9 Å². The van der Waals surface area contributed by atoms with Gasteiger partial charge in [0.2, 0.25) is 0 Å². The molecule has 0 aliphatic carbocycles. The van der Waals surface area contributed by atoms with Gasteiger partial charge in [0, 0.05) is 11.1 Å². The number of nitrogens with zero attached hydrogens (tertiary/aromatic N) is 2. The quantitative estimate of drug-likeness (QED) is 0.275. The zero-order chi connectivity index (χ0) is 21.1. The molecule has 0 aliphatic heterocycles. The third kappa shape index (κ3) is 3.89. The van der Waals surface area contributed by atoms with E-state index >= 15 is 0 Å². The maximum Gasteiger partial charge on any atom is 0.347 e. The number of aromatic nitrogens is 2. The van der Waals surface area contributed by atoms with Gasteiger partial charge < -0.3 is 4.74 Å². The highest BCUT2D eigenvalue weighted by Crippen LogP contribution is 2.19. The molecule has 148 valence electrons. The molecule has 0 bridgehead atoms. The third-order valence-corrected chi connectivity index (χ3v) is 4.66. The first-order chi connectivity index (χ1) is 14.5. The van der Waals surface area contributed by atoms with E-state index in [-0.39, 0.29) is 5.78 Å². The average molecular weight is 400 g/mol. The fourth-order valence-corrected chi connectivity index (χ4v) is 3.04. The van der Waals surface area contributed by atoms with Crippen molar-refractivity contribution in [2.75, 3.05) is 0 Å². The fourth-order valence-electron chi connectivity index (χ4n) is 3.04. The van der Waals surface area contributed by atoms with Crippen molar-refractivity contribution in [3.05, 3.63) is 113 Å². The van der Waals surface area contributed by atoms with E-state index in [2.05, 4.69) is 5.10 Å². The Labute approximate surface area is 172 Å². The SMILES string of the molecule is Cc1c(C(=O)Oc2ccc(C(=O)c3ccc(F)cc3)cc2)cnn1-c1ccccc1. The van der Waals surface area contributed by atoms with Gasteiger partial charge in [-0.2, -0.15) is 5.10 Å². The minimum Gasteiger partial charge on any atom is -0.423 e. The van der Waals surface area contributed by atoms with Gasteiger partial charge in [0.1, 0.15) is 17.1 Å².